The highest BCUT2D eigenvalue weighted by molar-refractivity contribution is 6.22. The summed E-state index contributed by atoms with van der Waals surface area (Å²) < 4.78 is 8.73. The van der Waals surface area contributed by atoms with Crippen LogP contribution in [-0.4, -0.2) is 4.57 Å². The topological polar surface area (TPSA) is 14.2 Å². The molecule has 0 amide bonds. The molecule has 6 rings (SSSR count). The summed E-state index contributed by atoms with van der Waals surface area (Å²) in [5, 5.41) is 4.88. The zero-order valence-corrected chi connectivity index (χ0v) is 17.0. The number of fused-ring (bicyclic) bond motifs is 5. The van der Waals surface area contributed by atoms with Gasteiger partial charge >= 0.3 is 0 Å². The molecule has 0 aliphatic heterocycles. The van der Waals surface area contributed by atoms with Crippen LogP contribution in [-0.2, 0) is 6.61 Å². The lowest BCUT2D eigenvalue weighted by Crippen LogP contribution is -1.97. The molecule has 2 nitrogen and oxygen atoms in total. The van der Waals surface area contributed by atoms with Crippen LogP contribution in [0.25, 0.3) is 38.3 Å². The molecule has 2 heteroatoms. The van der Waals surface area contributed by atoms with Crippen LogP contribution in [0.4, 0.5) is 0 Å². The smallest absolute Gasteiger partial charge is 0.129 e. The lowest BCUT2D eigenvalue weighted by Gasteiger charge is -2.13. The van der Waals surface area contributed by atoms with Gasteiger partial charge in [-0.25, -0.2) is 0 Å². The van der Waals surface area contributed by atoms with Crippen molar-refractivity contribution in [2.24, 2.45) is 0 Å². The number of hydrogen-bond acceptors (Lipinski definition) is 1. The SMILES string of the molecule is c1ccc(COc2cc3c(c4ccccc24)c2ccccc2n3-c2ccccc2)cc1. The molecular weight excluding hydrogens is 378 g/mol. The lowest BCUT2D eigenvalue weighted by atomic mass is 10.0. The molecular formula is C29H21NO. The summed E-state index contributed by atoms with van der Waals surface area (Å²) in [6, 6.07) is 40.3. The van der Waals surface area contributed by atoms with Crippen molar-refractivity contribution in [1.82, 2.24) is 4.57 Å². The monoisotopic (exact) mass is 399 g/mol. The van der Waals surface area contributed by atoms with Gasteiger partial charge in [-0.2, -0.15) is 0 Å². The Bertz CT molecular complexity index is 1510. The lowest BCUT2D eigenvalue weighted by molar-refractivity contribution is 0.310. The maximum absolute atomic E-state index is 6.39. The van der Waals surface area contributed by atoms with Crippen LogP contribution in [0.3, 0.4) is 0 Å². The van der Waals surface area contributed by atoms with E-state index in [4.69, 9.17) is 4.74 Å². The van der Waals surface area contributed by atoms with E-state index in [1.807, 2.05) is 18.2 Å². The molecule has 0 atom stereocenters. The normalized spacial score (nSPS) is 11.4. The van der Waals surface area contributed by atoms with Gasteiger partial charge < -0.3 is 9.30 Å². The van der Waals surface area contributed by atoms with E-state index in [9.17, 15) is 0 Å². The highest BCUT2D eigenvalue weighted by Crippen LogP contribution is 2.40. The number of aromatic nitrogens is 1. The van der Waals surface area contributed by atoms with E-state index < -0.39 is 0 Å². The number of nitrogens with zero attached hydrogens (tertiary/aromatic N) is 1. The molecule has 0 fully saturated rings. The molecule has 1 heterocycles. The summed E-state index contributed by atoms with van der Waals surface area (Å²) in [7, 11) is 0. The standard InChI is InChI=1S/C29H21NO/c1-3-11-21(12-4-1)20-31-28-19-27-29(24-16-8-7-15-23(24)28)25-17-9-10-18-26(25)30(27)22-13-5-2-6-14-22/h1-19H,20H2. The van der Waals surface area contributed by atoms with E-state index in [0.29, 0.717) is 6.61 Å². The molecule has 0 unspecified atom stereocenters. The molecule has 6 aromatic rings. The van der Waals surface area contributed by atoms with E-state index in [1.165, 1.54) is 21.7 Å². The Labute approximate surface area is 180 Å². The van der Waals surface area contributed by atoms with E-state index in [2.05, 4.69) is 102 Å². The number of rotatable bonds is 4. The summed E-state index contributed by atoms with van der Waals surface area (Å²) in [6.45, 7) is 0.544. The van der Waals surface area contributed by atoms with Crippen molar-refractivity contribution < 1.29 is 4.74 Å². The number of hydrogen-bond donors (Lipinski definition) is 0. The van der Waals surface area contributed by atoms with Crippen molar-refractivity contribution in [3.8, 4) is 11.4 Å². The Balaban J connectivity index is 1.66. The first-order chi connectivity index (χ1) is 15.4. The molecule has 0 aliphatic carbocycles. The van der Waals surface area contributed by atoms with Gasteiger partial charge in [-0.15, -0.1) is 0 Å². The molecule has 0 aliphatic rings. The van der Waals surface area contributed by atoms with Gasteiger partial charge in [-0.05, 0) is 29.1 Å². The van der Waals surface area contributed by atoms with Gasteiger partial charge in [0.2, 0.25) is 0 Å². The van der Waals surface area contributed by atoms with Crippen molar-refractivity contribution in [3.05, 3.63) is 121 Å². The number of benzene rings is 5. The third kappa shape index (κ3) is 2.96. The summed E-state index contributed by atoms with van der Waals surface area (Å²) in [5.74, 6) is 0.909. The summed E-state index contributed by atoms with van der Waals surface area (Å²) in [4.78, 5) is 0. The fourth-order valence-electron chi connectivity index (χ4n) is 4.51. The van der Waals surface area contributed by atoms with Crippen LogP contribution in [0.1, 0.15) is 5.56 Å². The van der Waals surface area contributed by atoms with Gasteiger partial charge in [0.15, 0.2) is 0 Å². The Hall–Kier alpha value is -4.04. The maximum Gasteiger partial charge on any atom is 0.129 e. The van der Waals surface area contributed by atoms with Gasteiger partial charge in [0.25, 0.3) is 0 Å². The molecule has 5 aromatic carbocycles. The molecule has 0 bridgehead atoms. The van der Waals surface area contributed by atoms with E-state index in [0.717, 1.165) is 27.9 Å². The molecule has 31 heavy (non-hydrogen) atoms. The summed E-state index contributed by atoms with van der Waals surface area (Å²) in [6.07, 6.45) is 0. The van der Waals surface area contributed by atoms with Crippen LogP contribution in [0.2, 0.25) is 0 Å². The van der Waals surface area contributed by atoms with Crippen molar-refractivity contribution in [2.75, 3.05) is 0 Å². The molecule has 0 N–H and O–H groups in total. The minimum Gasteiger partial charge on any atom is -0.488 e. The minimum absolute atomic E-state index is 0.544. The molecule has 0 saturated heterocycles. The highest BCUT2D eigenvalue weighted by atomic mass is 16.5. The van der Waals surface area contributed by atoms with E-state index in [-0.39, 0.29) is 0 Å². The fourth-order valence-corrected chi connectivity index (χ4v) is 4.51. The van der Waals surface area contributed by atoms with Crippen LogP contribution < -0.4 is 4.74 Å². The van der Waals surface area contributed by atoms with Crippen LogP contribution in [0.5, 0.6) is 5.75 Å². The quantitative estimate of drug-likeness (QED) is 0.299. The van der Waals surface area contributed by atoms with Gasteiger partial charge in [0.05, 0.1) is 11.0 Å². The molecule has 0 saturated carbocycles. The Morgan fingerprint density at radius 1 is 0.548 bits per heavy atom. The van der Waals surface area contributed by atoms with E-state index in [1.54, 1.807) is 0 Å². The maximum atomic E-state index is 6.39. The Morgan fingerprint density at radius 3 is 1.94 bits per heavy atom. The second-order valence-corrected chi connectivity index (χ2v) is 7.78. The second kappa shape index (κ2) is 7.33. The van der Waals surface area contributed by atoms with Crippen molar-refractivity contribution in [2.45, 2.75) is 6.61 Å². The first kappa shape index (κ1) is 17.8. The third-order valence-electron chi connectivity index (χ3n) is 5.89. The average Bonchev–Trinajstić information content (AvgIpc) is 3.18. The van der Waals surface area contributed by atoms with Gasteiger partial charge in [-0.3, -0.25) is 0 Å². The van der Waals surface area contributed by atoms with Gasteiger partial charge in [0, 0.05) is 27.9 Å². The molecule has 0 spiro atoms. The fraction of sp³-hybridized carbons (Fsp3) is 0.0345. The zero-order chi connectivity index (χ0) is 20.6. The second-order valence-electron chi connectivity index (χ2n) is 7.78. The summed E-state index contributed by atoms with van der Waals surface area (Å²) in [5.41, 5.74) is 4.68. The zero-order valence-electron chi connectivity index (χ0n) is 17.0. The van der Waals surface area contributed by atoms with Crippen molar-refractivity contribution in [1.29, 1.82) is 0 Å². The van der Waals surface area contributed by atoms with Crippen LogP contribution in [0, 0.1) is 0 Å². The molecule has 148 valence electrons. The van der Waals surface area contributed by atoms with Crippen LogP contribution in [0.15, 0.2) is 115 Å². The first-order valence-corrected chi connectivity index (χ1v) is 10.6. The average molecular weight is 399 g/mol. The largest absolute Gasteiger partial charge is 0.488 e. The summed E-state index contributed by atoms with van der Waals surface area (Å²) >= 11 is 0. The predicted molar refractivity (Wildman–Crippen MR) is 129 cm³/mol. The number of ether oxygens (including phenoxy) is 1. The highest BCUT2D eigenvalue weighted by Gasteiger charge is 2.17. The van der Waals surface area contributed by atoms with Crippen LogP contribution >= 0.6 is 0 Å². The third-order valence-corrected chi connectivity index (χ3v) is 5.89. The van der Waals surface area contributed by atoms with E-state index >= 15 is 0 Å². The van der Waals surface area contributed by atoms with Crippen molar-refractivity contribution >= 4 is 32.6 Å². The number of para-hydroxylation sites is 2. The Kier molecular flexibility index (Phi) is 4.21. The first-order valence-electron chi connectivity index (χ1n) is 10.6. The molecule has 1 aromatic heterocycles. The van der Waals surface area contributed by atoms with Gasteiger partial charge in [-0.1, -0.05) is 91.0 Å². The van der Waals surface area contributed by atoms with Crippen molar-refractivity contribution in [3.63, 3.8) is 0 Å². The molecule has 0 radical (unpaired) electrons. The predicted octanol–water partition coefficient (Wildman–Crippen LogP) is 7.52. The minimum atomic E-state index is 0.544. The Morgan fingerprint density at radius 2 is 1.16 bits per heavy atom. The van der Waals surface area contributed by atoms with Gasteiger partial charge in [0.1, 0.15) is 12.4 Å².